The van der Waals surface area contributed by atoms with Crippen LogP contribution in [0.5, 0.6) is 5.75 Å². The van der Waals surface area contributed by atoms with Crippen molar-refractivity contribution >= 4 is 44.2 Å². The van der Waals surface area contributed by atoms with Crippen LogP contribution >= 0.6 is 22.9 Å². The van der Waals surface area contributed by atoms with Crippen molar-refractivity contribution in [2.24, 2.45) is 0 Å². The molecule has 0 radical (unpaired) electrons. The molecule has 3 aromatic carbocycles. The predicted octanol–water partition coefficient (Wildman–Crippen LogP) is 5.84. The van der Waals surface area contributed by atoms with Gasteiger partial charge in [0.25, 0.3) is 5.91 Å². The fraction of sp³-hybridized carbons (Fsp3) is 0.0909. The number of anilines is 1. The summed E-state index contributed by atoms with van der Waals surface area (Å²) in [6, 6.07) is 17.9. The van der Waals surface area contributed by atoms with Gasteiger partial charge < -0.3 is 4.74 Å². The van der Waals surface area contributed by atoms with Crippen molar-refractivity contribution in [3.05, 3.63) is 89.0 Å². The SMILES string of the molecule is O=C(COc1ccc(Cl)cc1)N(Cc1ccccc1)c1nc2c(F)cc(F)cc2s1. The smallest absolute Gasteiger partial charge is 0.267 e. The molecule has 0 aliphatic heterocycles. The predicted molar refractivity (Wildman–Crippen MR) is 114 cm³/mol. The summed E-state index contributed by atoms with van der Waals surface area (Å²) < 4.78 is 33.6. The summed E-state index contributed by atoms with van der Waals surface area (Å²) in [4.78, 5) is 18.6. The highest BCUT2D eigenvalue weighted by atomic mass is 35.5. The number of fused-ring (bicyclic) bond motifs is 1. The Kier molecular flexibility index (Phi) is 5.92. The first kappa shape index (κ1) is 20.3. The molecule has 4 nitrogen and oxygen atoms in total. The Hall–Kier alpha value is -3.03. The van der Waals surface area contributed by atoms with E-state index in [1.807, 2.05) is 30.3 Å². The molecule has 0 bridgehead atoms. The molecule has 4 aromatic rings. The van der Waals surface area contributed by atoms with Gasteiger partial charge >= 0.3 is 0 Å². The van der Waals surface area contributed by atoms with E-state index in [-0.39, 0.29) is 29.7 Å². The number of hydrogen-bond acceptors (Lipinski definition) is 4. The maximum Gasteiger partial charge on any atom is 0.267 e. The molecule has 0 atom stereocenters. The van der Waals surface area contributed by atoms with E-state index in [1.54, 1.807) is 24.3 Å². The van der Waals surface area contributed by atoms with Crippen molar-refractivity contribution in [2.75, 3.05) is 11.5 Å². The number of carbonyl (C=O) groups excluding carboxylic acids is 1. The summed E-state index contributed by atoms with van der Waals surface area (Å²) in [6.45, 7) is -0.0329. The average Bonchev–Trinajstić information content (AvgIpc) is 3.16. The van der Waals surface area contributed by atoms with Crippen LogP contribution in [-0.2, 0) is 11.3 Å². The summed E-state index contributed by atoms with van der Waals surface area (Å²) >= 11 is 6.91. The first-order valence-electron chi connectivity index (χ1n) is 8.98. The number of hydrogen-bond donors (Lipinski definition) is 0. The molecule has 0 saturated carbocycles. The van der Waals surface area contributed by atoms with E-state index in [0.717, 1.165) is 23.0 Å². The van der Waals surface area contributed by atoms with E-state index >= 15 is 0 Å². The maximum absolute atomic E-state index is 14.1. The zero-order valence-corrected chi connectivity index (χ0v) is 17.1. The van der Waals surface area contributed by atoms with Crippen molar-refractivity contribution < 1.29 is 18.3 Å². The van der Waals surface area contributed by atoms with Gasteiger partial charge in [-0.25, -0.2) is 13.8 Å². The normalized spacial score (nSPS) is 10.9. The summed E-state index contributed by atoms with van der Waals surface area (Å²) in [5.41, 5.74) is 0.893. The van der Waals surface area contributed by atoms with Gasteiger partial charge in [-0.3, -0.25) is 9.69 Å². The molecular formula is C22H15ClF2N2O2S. The van der Waals surface area contributed by atoms with Crippen LogP contribution in [0, 0.1) is 11.6 Å². The zero-order valence-electron chi connectivity index (χ0n) is 15.5. The second kappa shape index (κ2) is 8.77. The van der Waals surface area contributed by atoms with E-state index in [9.17, 15) is 13.6 Å². The Morgan fingerprint density at radius 2 is 1.80 bits per heavy atom. The molecule has 1 amide bonds. The molecule has 0 spiro atoms. The van der Waals surface area contributed by atoms with Crippen LogP contribution in [0.15, 0.2) is 66.7 Å². The third kappa shape index (κ3) is 4.58. The maximum atomic E-state index is 14.1. The van der Waals surface area contributed by atoms with Gasteiger partial charge in [-0.15, -0.1) is 0 Å². The number of nitrogens with zero attached hydrogens (tertiary/aromatic N) is 2. The Balaban J connectivity index is 1.63. The molecule has 0 aliphatic carbocycles. The van der Waals surface area contributed by atoms with Gasteiger partial charge in [0.2, 0.25) is 0 Å². The summed E-state index contributed by atoms with van der Waals surface area (Å²) in [5, 5.41) is 0.825. The van der Waals surface area contributed by atoms with Crippen LogP contribution in [-0.4, -0.2) is 17.5 Å². The number of carbonyl (C=O) groups is 1. The number of rotatable bonds is 6. The van der Waals surface area contributed by atoms with Crippen LogP contribution in [0.4, 0.5) is 13.9 Å². The fourth-order valence-corrected chi connectivity index (χ4v) is 3.99. The number of benzene rings is 3. The molecule has 0 fully saturated rings. The lowest BCUT2D eigenvalue weighted by molar-refractivity contribution is -0.120. The number of aromatic nitrogens is 1. The van der Waals surface area contributed by atoms with Crippen molar-refractivity contribution in [3.8, 4) is 5.75 Å². The highest BCUT2D eigenvalue weighted by molar-refractivity contribution is 7.22. The largest absolute Gasteiger partial charge is 0.484 e. The van der Waals surface area contributed by atoms with E-state index in [1.165, 1.54) is 11.0 Å². The molecule has 1 aromatic heterocycles. The molecule has 30 heavy (non-hydrogen) atoms. The van der Waals surface area contributed by atoms with E-state index in [0.29, 0.717) is 15.5 Å². The quantitative estimate of drug-likeness (QED) is 0.375. The van der Waals surface area contributed by atoms with Crippen LogP contribution in [0.2, 0.25) is 5.02 Å². The van der Waals surface area contributed by atoms with E-state index < -0.39 is 11.6 Å². The minimum atomic E-state index is -0.767. The molecule has 0 saturated heterocycles. The van der Waals surface area contributed by atoms with Gasteiger partial charge in [0.1, 0.15) is 17.1 Å². The number of halogens is 3. The summed E-state index contributed by atoms with van der Waals surface area (Å²) in [6.07, 6.45) is 0. The molecular weight excluding hydrogens is 430 g/mol. The topological polar surface area (TPSA) is 42.4 Å². The van der Waals surface area contributed by atoms with Gasteiger partial charge in [0.15, 0.2) is 17.6 Å². The molecule has 0 N–H and O–H groups in total. The second-order valence-corrected chi connectivity index (χ2v) is 7.88. The molecule has 0 aliphatic rings. The second-order valence-electron chi connectivity index (χ2n) is 6.44. The molecule has 4 rings (SSSR count). The number of amides is 1. The van der Waals surface area contributed by atoms with Crippen molar-refractivity contribution in [1.82, 2.24) is 4.98 Å². The molecule has 152 valence electrons. The van der Waals surface area contributed by atoms with Gasteiger partial charge in [-0.05, 0) is 35.9 Å². The Labute approximate surface area is 180 Å². The van der Waals surface area contributed by atoms with Crippen molar-refractivity contribution in [3.63, 3.8) is 0 Å². The van der Waals surface area contributed by atoms with Crippen molar-refractivity contribution in [1.29, 1.82) is 0 Å². The standard InChI is InChI=1S/C22H15ClF2N2O2S/c23-15-6-8-17(9-7-15)29-13-20(28)27(12-14-4-2-1-3-5-14)22-26-21-18(25)10-16(24)11-19(21)30-22/h1-11H,12-13H2. The lowest BCUT2D eigenvalue weighted by atomic mass is 10.2. The van der Waals surface area contributed by atoms with E-state index in [4.69, 9.17) is 16.3 Å². The van der Waals surface area contributed by atoms with Gasteiger partial charge in [-0.1, -0.05) is 53.3 Å². The highest BCUT2D eigenvalue weighted by Crippen LogP contribution is 2.32. The highest BCUT2D eigenvalue weighted by Gasteiger charge is 2.22. The lowest BCUT2D eigenvalue weighted by Gasteiger charge is -2.20. The zero-order chi connectivity index (χ0) is 21.1. The first-order valence-corrected chi connectivity index (χ1v) is 10.2. The van der Waals surface area contributed by atoms with Crippen LogP contribution < -0.4 is 9.64 Å². The third-order valence-corrected chi connectivity index (χ3v) is 5.57. The number of ether oxygens (including phenoxy) is 1. The van der Waals surface area contributed by atoms with E-state index in [2.05, 4.69) is 4.98 Å². The monoisotopic (exact) mass is 444 g/mol. The average molecular weight is 445 g/mol. The Morgan fingerprint density at radius 3 is 2.53 bits per heavy atom. The van der Waals surface area contributed by atoms with Gasteiger partial charge in [-0.2, -0.15) is 0 Å². The van der Waals surface area contributed by atoms with Crippen LogP contribution in [0.25, 0.3) is 10.2 Å². The minimum absolute atomic E-state index is 0.0286. The Bertz CT molecular complexity index is 1180. The third-order valence-electron chi connectivity index (χ3n) is 4.29. The van der Waals surface area contributed by atoms with Gasteiger partial charge in [0, 0.05) is 11.1 Å². The van der Waals surface area contributed by atoms with Crippen molar-refractivity contribution in [2.45, 2.75) is 6.54 Å². The molecule has 1 heterocycles. The lowest BCUT2D eigenvalue weighted by Crippen LogP contribution is -2.34. The molecule has 0 unspecified atom stereocenters. The minimum Gasteiger partial charge on any atom is -0.484 e. The Morgan fingerprint density at radius 1 is 1.07 bits per heavy atom. The fourth-order valence-electron chi connectivity index (χ4n) is 2.84. The summed E-state index contributed by atoms with van der Waals surface area (Å²) in [5.74, 6) is -1.34. The van der Waals surface area contributed by atoms with Crippen LogP contribution in [0.1, 0.15) is 5.56 Å². The molecule has 8 heteroatoms. The van der Waals surface area contributed by atoms with Gasteiger partial charge in [0.05, 0.1) is 11.2 Å². The first-order chi connectivity index (χ1) is 14.5. The number of thiazole rings is 1. The summed E-state index contributed by atoms with van der Waals surface area (Å²) in [7, 11) is 0. The van der Waals surface area contributed by atoms with Crippen LogP contribution in [0.3, 0.4) is 0 Å².